The molecule has 12 heteroatoms. The lowest BCUT2D eigenvalue weighted by Crippen LogP contribution is -2.20. The maximum absolute atomic E-state index is 14.2. The summed E-state index contributed by atoms with van der Waals surface area (Å²) in [5, 5.41) is 7.35. The lowest BCUT2D eigenvalue weighted by Gasteiger charge is -2.05. The number of ketones is 1. The number of fused-ring (bicyclic) bond motifs is 2. The quantitative estimate of drug-likeness (QED) is 0.294. The highest BCUT2D eigenvalue weighted by Crippen LogP contribution is 2.27. The second kappa shape index (κ2) is 8.54. The zero-order valence-electron chi connectivity index (χ0n) is 20.0. The molecule has 0 fully saturated rings. The van der Waals surface area contributed by atoms with Crippen molar-refractivity contribution in [3.05, 3.63) is 99.0 Å². The zero-order chi connectivity index (χ0) is 26.7. The van der Waals surface area contributed by atoms with Crippen LogP contribution in [0.1, 0.15) is 33.1 Å². The molecule has 0 spiro atoms. The zero-order valence-corrected chi connectivity index (χ0v) is 20.0. The van der Waals surface area contributed by atoms with Gasteiger partial charge in [0, 0.05) is 58.5 Å². The van der Waals surface area contributed by atoms with Gasteiger partial charge in [0.2, 0.25) is 5.78 Å². The van der Waals surface area contributed by atoms with E-state index in [1.807, 2.05) is 19.9 Å². The Hall–Kier alpha value is -5.00. The van der Waals surface area contributed by atoms with Gasteiger partial charge in [-0.3, -0.25) is 14.7 Å². The molecule has 0 saturated heterocycles. The minimum absolute atomic E-state index is 0.0706. The number of H-pyrrole nitrogens is 3. The Morgan fingerprint density at radius 3 is 2.58 bits per heavy atom. The van der Waals surface area contributed by atoms with Crippen LogP contribution in [0, 0.1) is 31.3 Å². The number of benzene rings is 1. The molecule has 0 unspecified atom stereocenters. The Balaban J connectivity index is 1.33. The van der Waals surface area contributed by atoms with Gasteiger partial charge in [-0.25, -0.2) is 23.1 Å². The second-order valence-corrected chi connectivity index (χ2v) is 8.90. The Bertz CT molecular complexity index is 1920. The molecule has 0 radical (unpaired) electrons. The molecule has 0 bridgehead atoms. The van der Waals surface area contributed by atoms with Crippen molar-refractivity contribution in [1.29, 1.82) is 0 Å². The minimum Gasteiger partial charge on any atom is -0.356 e. The predicted molar refractivity (Wildman–Crippen MR) is 132 cm³/mol. The standard InChI is InChI=1S/C26H18F3N7O2/c1-11-21(12(2)35-34-11)13-5-19-25(31-8-13)33-20(32-19)10-36-4-3-15-16(9-30-23(15)26(36)38)24(37)22-17(28)6-14(27)7-18(22)29/h3-9,30H,10H2,1-2H3,(H,34,35)(H,31,32,33). The Morgan fingerprint density at radius 2 is 1.87 bits per heavy atom. The van der Waals surface area contributed by atoms with Crippen molar-refractivity contribution >= 4 is 27.9 Å². The molecular formula is C26H18F3N7O2. The third-order valence-corrected chi connectivity index (χ3v) is 6.42. The average Bonchev–Trinajstić information content (AvgIpc) is 3.56. The third-order valence-electron chi connectivity index (χ3n) is 6.42. The van der Waals surface area contributed by atoms with E-state index in [4.69, 9.17) is 0 Å². The van der Waals surface area contributed by atoms with E-state index in [-0.39, 0.29) is 23.0 Å². The second-order valence-electron chi connectivity index (χ2n) is 8.90. The summed E-state index contributed by atoms with van der Waals surface area (Å²) < 4.78 is 43.0. The van der Waals surface area contributed by atoms with E-state index in [1.54, 1.807) is 6.20 Å². The van der Waals surface area contributed by atoms with Gasteiger partial charge in [-0.15, -0.1) is 0 Å². The summed E-state index contributed by atoms with van der Waals surface area (Å²) >= 11 is 0. The number of carbonyl (C=O) groups is 1. The Labute approximate surface area is 211 Å². The molecular weight excluding hydrogens is 499 g/mol. The number of hydrogen-bond donors (Lipinski definition) is 3. The number of hydrogen-bond acceptors (Lipinski definition) is 5. The van der Waals surface area contributed by atoms with Crippen molar-refractivity contribution in [3.8, 4) is 11.1 Å². The normalized spacial score (nSPS) is 11.6. The predicted octanol–water partition coefficient (Wildman–Crippen LogP) is 4.30. The number of aromatic nitrogens is 7. The van der Waals surface area contributed by atoms with Gasteiger partial charge in [-0.2, -0.15) is 5.10 Å². The van der Waals surface area contributed by atoms with E-state index in [0.717, 1.165) is 22.5 Å². The van der Waals surface area contributed by atoms with Crippen LogP contribution < -0.4 is 5.56 Å². The van der Waals surface area contributed by atoms with Gasteiger partial charge in [-0.1, -0.05) is 0 Å². The summed E-state index contributed by atoms with van der Waals surface area (Å²) in [4.78, 5) is 40.8. The van der Waals surface area contributed by atoms with Gasteiger partial charge in [0.1, 0.15) is 28.8 Å². The molecule has 0 aliphatic heterocycles. The van der Waals surface area contributed by atoms with Crippen LogP contribution in [0.3, 0.4) is 0 Å². The summed E-state index contributed by atoms with van der Waals surface area (Å²) in [7, 11) is 0. The monoisotopic (exact) mass is 517 g/mol. The molecule has 0 aliphatic carbocycles. The number of carbonyl (C=O) groups excluding carboxylic acids is 1. The molecule has 190 valence electrons. The van der Waals surface area contributed by atoms with E-state index in [9.17, 15) is 22.8 Å². The van der Waals surface area contributed by atoms with E-state index in [1.165, 1.54) is 23.0 Å². The van der Waals surface area contributed by atoms with Crippen LogP contribution in [-0.4, -0.2) is 40.5 Å². The highest BCUT2D eigenvalue weighted by Gasteiger charge is 2.24. The fourth-order valence-electron chi connectivity index (χ4n) is 4.67. The van der Waals surface area contributed by atoms with E-state index < -0.39 is 34.4 Å². The molecule has 5 aromatic heterocycles. The van der Waals surface area contributed by atoms with Gasteiger partial charge in [-0.05, 0) is 26.0 Å². The van der Waals surface area contributed by atoms with E-state index in [2.05, 4.69) is 30.1 Å². The molecule has 0 aliphatic rings. The largest absolute Gasteiger partial charge is 0.356 e. The van der Waals surface area contributed by atoms with Crippen LogP contribution in [0.4, 0.5) is 13.2 Å². The minimum atomic E-state index is -1.32. The number of imidazole rings is 1. The lowest BCUT2D eigenvalue weighted by molar-refractivity contribution is 0.103. The number of aromatic amines is 3. The summed E-state index contributed by atoms with van der Waals surface area (Å²) in [6.07, 6.45) is 4.37. The van der Waals surface area contributed by atoms with Crippen LogP contribution in [-0.2, 0) is 6.54 Å². The fraction of sp³-hybridized carbons (Fsp3) is 0.115. The summed E-state index contributed by atoms with van der Waals surface area (Å²) in [5.74, 6) is -4.32. The van der Waals surface area contributed by atoms with Crippen molar-refractivity contribution in [2.24, 2.45) is 0 Å². The summed E-state index contributed by atoms with van der Waals surface area (Å²) in [6.45, 7) is 3.90. The first kappa shape index (κ1) is 23.4. The maximum atomic E-state index is 14.2. The van der Waals surface area contributed by atoms with Crippen molar-refractivity contribution in [2.75, 3.05) is 0 Å². The number of nitrogens with one attached hydrogen (secondary N) is 3. The van der Waals surface area contributed by atoms with Crippen LogP contribution >= 0.6 is 0 Å². The van der Waals surface area contributed by atoms with Crippen LogP contribution in [0.2, 0.25) is 0 Å². The third kappa shape index (κ3) is 3.69. The molecule has 1 aromatic carbocycles. The van der Waals surface area contributed by atoms with Gasteiger partial charge in [0.25, 0.3) is 5.56 Å². The molecule has 38 heavy (non-hydrogen) atoms. The molecule has 5 heterocycles. The smallest absolute Gasteiger partial charge is 0.275 e. The first-order chi connectivity index (χ1) is 18.2. The molecule has 9 nitrogen and oxygen atoms in total. The molecule has 0 atom stereocenters. The summed E-state index contributed by atoms with van der Waals surface area (Å²) in [6, 6.07) is 4.26. The molecule has 3 N–H and O–H groups in total. The van der Waals surface area contributed by atoms with Crippen molar-refractivity contribution < 1.29 is 18.0 Å². The molecule has 6 rings (SSSR count). The maximum Gasteiger partial charge on any atom is 0.275 e. The van der Waals surface area contributed by atoms with Crippen molar-refractivity contribution in [2.45, 2.75) is 20.4 Å². The van der Waals surface area contributed by atoms with Gasteiger partial charge in [0.05, 0.1) is 23.3 Å². The molecule has 0 saturated carbocycles. The Kier molecular flexibility index (Phi) is 5.26. The van der Waals surface area contributed by atoms with E-state index in [0.29, 0.717) is 29.1 Å². The number of nitrogens with zero attached hydrogens (tertiary/aromatic N) is 4. The first-order valence-corrected chi connectivity index (χ1v) is 11.5. The van der Waals surface area contributed by atoms with E-state index >= 15 is 0 Å². The topological polar surface area (TPSA) is 125 Å². The number of pyridine rings is 2. The highest BCUT2D eigenvalue weighted by atomic mass is 19.1. The van der Waals surface area contributed by atoms with Gasteiger partial charge < -0.3 is 14.5 Å². The number of aryl methyl sites for hydroxylation is 2. The first-order valence-electron chi connectivity index (χ1n) is 11.5. The van der Waals surface area contributed by atoms with Gasteiger partial charge >= 0.3 is 0 Å². The van der Waals surface area contributed by atoms with Gasteiger partial charge in [0.15, 0.2) is 5.65 Å². The van der Waals surface area contributed by atoms with Crippen LogP contribution in [0.5, 0.6) is 0 Å². The SMILES string of the molecule is Cc1n[nH]c(C)c1-c1cnc2nc(Cn3ccc4c(C(=O)c5c(F)cc(F)cc5F)c[nH]c4c3=O)[nH]c2c1. The van der Waals surface area contributed by atoms with Crippen molar-refractivity contribution in [1.82, 2.24) is 34.7 Å². The van der Waals surface area contributed by atoms with Crippen molar-refractivity contribution in [3.63, 3.8) is 0 Å². The highest BCUT2D eigenvalue weighted by molar-refractivity contribution is 6.16. The Morgan fingerprint density at radius 1 is 1.11 bits per heavy atom. The number of halogens is 3. The fourth-order valence-corrected chi connectivity index (χ4v) is 4.67. The van der Waals surface area contributed by atoms with Crippen LogP contribution in [0.15, 0.2) is 47.7 Å². The molecule has 0 amide bonds. The average molecular weight is 517 g/mol. The lowest BCUT2D eigenvalue weighted by atomic mass is 10.0. The van der Waals surface area contributed by atoms with Crippen LogP contribution in [0.25, 0.3) is 33.2 Å². The summed E-state index contributed by atoms with van der Waals surface area (Å²) in [5.41, 5.74) is 3.33. The number of rotatable bonds is 5. The molecule has 6 aromatic rings.